The van der Waals surface area contributed by atoms with Crippen LogP contribution in [0.5, 0.6) is 11.5 Å². The second kappa shape index (κ2) is 6.33. The Labute approximate surface area is 148 Å². The molecule has 0 spiro atoms. The van der Waals surface area contributed by atoms with Crippen molar-refractivity contribution in [3.8, 4) is 11.5 Å². The number of carbonyl (C=O) groups is 2. The van der Waals surface area contributed by atoms with Crippen LogP contribution in [0.3, 0.4) is 0 Å². The molecule has 2 N–H and O–H groups in total. The normalized spacial score (nSPS) is 21.2. The predicted molar refractivity (Wildman–Crippen MR) is 92.0 cm³/mol. The maximum absolute atomic E-state index is 12.7. The first-order valence-electron chi connectivity index (χ1n) is 7.80. The Morgan fingerprint density at radius 3 is 2.84 bits per heavy atom. The molecule has 1 amide bonds. The lowest BCUT2D eigenvalue weighted by atomic mass is 9.94. The van der Waals surface area contributed by atoms with E-state index in [2.05, 4.69) is 5.32 Å². The average molecular weight is 357 g/mol. The Morgan fingerprint density at radius 1 is 1.20 bits per heavy atom. The number of fused-ring (bicyclic) bond motifs is 2. The van der Waals surface area contributed by atoms with Gasteiger partial charge in [-0.15, -0.1) is 11.8 Å². The molecule has 2 aromatic carbocycles. The van der Waals surface area contributed by atoms with Gasteiger partial charge in [-0.2, -0.15) is 0 Å². The summed E-state index contributed by atoms with van der Waals surface area (Å²) >= 11 is 1.49. The smallest absolute Gasteiger partial charge is 0.304 e. The van der Waals surface area contributed by atoms with Crippen LogP contribution in [0.15, 0.2) is 47.4 Å². The van der Waals surface area contributed by atoms with Gasteiger partial charge in [-0.3, -0.25) is 9.59 Å². The van der Waals surface area contributed by atoms with Gasteiger partial charge < -0.3 is 19.9 Å². The molecule has 7 heteroatoms. The molecule has 6 nitrogen and oxygen atoms in total. The van der Waals surface area contributed by atoms with Crippen LogP contribution in [-0.2, 0) is 9.59 Å². The standard InChI is InChI=1S/C18H15NO5S/c20-16(21)8-11-17(10-5-6-13-14(7-10)24-9-23-13)25-15-4-2-1-3-12(15)19-18(11)22/h1-7,11,17H,8-9H2,(H,19,22)(H,20,21)/t11-,17-/m0/s1. The lowest BCUT2D eigenvalue weighted by Gasteiger charge is -2.22. The Morgan fingerprint density at radius 2 is 2.00 bits per heavy atom. The number of ether oxygens (including phenoxy) is 2. The van der Waals surface area contributed by atoms with Crippen molar-refractivity contribution >= 4 is 29.3 Å². The number of carboxylic acid groups (broad SMARTS) is 1. The number of aliphatic carboxylic acids is 1. The number of benzene rings is 2. The van der Waals surface area contributed by atoms with Crippen LogP contribution in [0.25, 0.3) is 0 Å². The molecular formula is C18H15NO5S. The summed E-state index contributed by atoms with van der Waals surface area (Å²) in [5.74, 6) is -0.720. The first-order valence-corrected chi connectivity index (χ1v) is 8.67. The predicted octanol–water partition coefficient (Wildman–Crippen LogP) is 3.29. The van der Waals surface area contributed by atoms with Crippen molar-refractivity contribution < 1.29 is 24.2 Å². The van der Waals surface area contributed by atoms with Crippen LogP contribution < -0.4 is 14.8 Å². The molecule has 0 saturated carbocycles. The first-order chi connectivity index (χ1) is 12.1. The molecule has 0 aromatic heterocycles. The lowest BCUT2D eigenvalue weighted by Crippen LogP contribution is -2.27. The summed E-state index contributed by atoms with van der Waals surface area (Å²) in [6.07, 6.45) is -0.244. The van der Waals surface area contributed by atoms with Gasteiger partial charge in [0, 0.05) is 10.1 Å². The van der Waals surface area contributed by atoms with Gasteiger partial charge >= 0.3 is 5.97 Å². The van der Waals surface area contributed by atoms with Gasteiger partial charge in [-0.25, -0.2) is 0 Å². The molecule has 4 rings (SSSR count). The summed E-state index contributed by atoms with van der Waals surface area (Å²) in [6, 6.07) is 13.0. The molecule has 0 fully saturated rings. The average Bonchev–Trinajstić information content (AvgIpc) is 3.01. The summed E-state index contributed by atoms with van der Waals surface area (Å²) in [5, 5.41) is 11.8. The fourth-order valence-corrected chi connectivity index (χ4v) is 4.38. The van der Waals surface area contributed by atoms with Crippen molar-refractivity contribution in [2.45, 2.75) is 16.6 Å². The summed E-state index contributed by atoms with van der Waals surface area (Å²) in [4.78, 5) is 24.9. The largest absolute Gasteiger partial charge is 0.481 e. The zero-order valence-electron chi connectivity index (χ0n) is 13.1. The van der Waals surface area contributed by atoms with Crippen molar-refractivity contribution in [1.29, 1.82) is 0 Å². The highest BCUT2D eigenvalue weighted by atomic mass is 32.2. The highest BCUT2D eigenvalue weighted by Crippen LogP contribution is 2.49. The van der Waals surface area contributed by atoms with Crippen LogP contribution in [0.4, 0.5) is 5.69 Å². The number of rotatable bonds is 3. The van der Waals surface area contributed by atoms with Gasteiger partial charge in [0.2, 0.25) is 12.7 Å². The van der Waals surface area contributed by atoms with E-state index in [0.29, 0.717) is 17.2 Å². The van der Waals surface area contributed by atoms with Gasteiger partial charge in [0.25, 0.3) is 0 Å². The number of carbonyl (C=O) groups excluding carboxylic acids is 1. The zero-order valence-corrected chi connectivity index (χ0v) is 13.9. The molecule has 25 heavy (non-hydrogen) atoms. The van der Waals surface area contributed by atoms with Crippen LogP contribution in [-0.4, -0.2) is 23.8 Å². The number of hydrogen-bond acceptors (Lipinski definition) is 5. The molecule has 2 aliphatic rings. The van der Waals surface area contributed by atoms with E-state index >= 15 is 0 Å². The molecule has 2 aromatic rings. The molecule has 2 atom stereocenters. The molecule has 0 saturated heterocycles. The minimum absolute atomic E-state index is 0.165. The third-order valence-electron chi connectivity index (χ3n) is 4.22. The highest BCUT2D eigenvalue weighted by molar-refractivity contribution is 7.99. The van der Waals surface area contributed by atoms with Gasteiger partial charge in [-0.1, -0.05) is 18.2 Å². The molecule has 0 unspecified atom stereocenters. The topological polar surface area (TPSA) is 84.9 Å². The summed E-state index contributed by atoms with van der Waals surface area (Å²) in [6.45, 7) is 0.165. The summed E-state index contributed by atoms with van der Waals surface area (Å²) < 4.78 is 10.8. The van der Waals surface area contributed by atoms with Crippen molar-refractivity contribution in [3.63, 3.8) is 0 Å². The van der Waals surface area contributed by atoms with Gasteiger partial charge in [-0.05, 0) is 29.8 Å². The van der Waals surface area contributed by atoms with E-state index < -0.39 is 11.9 Å². The second-order valence-electron chi connectivity index (χ2n) is 5.84. The third-order valence-corrected chi connectivity index (χ3v) is 5.69. The molecule has 2 heterocycles. The van der Waals surface area contributed by atoms with Crippen molar-refractivity contribution in [3.05, 3.63) is 48.0 Å². The molecular weight excluding hydrogens is 342 g/mol. The number of hydrogen-bond donors (Lipinski definition) is 2. The van der Waals surface area contributed by atoms with E-state index in [4.69, 9.17) is 9.47 Å². The van der Waals surface area contributed by atoms with E-state index in [-0.39, 0.29) is 24.4 Å². The van der Waals surface area contributed by atoms with Crippen molar-refractivity contribution in [2.75, 3.05) is 12.1 Å². The Balaban J connectivity index is 1.77. The van der Waals surface area contributed by atoms with Crippen molar-refractivity contribution in [1.82, 2.24) is 0 Å². The van der Waals surface area contributed by atoms with E-state index in [1.807, 2.05) is 36.4 Å². The molecule has 0 bridgehead atoms. The Kier molecular flexibility index (Phi) is 4.01. The lowest BCUT2D eigenvalue weighted by molar-refractivity contribution is -0.140. The van der Waals surface area contributed by atoms with E-state index in [1.165, 1.54) is 11.8 Å². The van der Waals surface area contributed by atoms with Gasteiger partial charge in [0.15, 0.2) is 11.5 Å². The van der Waals surface area contributed by atoms with Gasteiger partial charge in [0.05, 0.1) is 18.0 Å². The summed E-state index contributed by atoms with van der Waals surface area (Å²) in [7, 11) is 0. The highest BCUT2D eigenvalue weighted by Gasteiger charge is 2.36. The number of anilines is 1. The maximum Gasteiger partial charge on any atom is 0.304 e. The minimum Gasteiger partial charge on any atom is -0.481 e. The van der Waals surface area contributed by atoms with Crippen molar-refractivity contribution in [2.24, 2.45) is 5.92 Å². The van der Waals surface area contributed by atoms with Gasteiger partial charge in [0.1, 0.15) is 0 Å². The quantitative estimate of drug-likeness (QED) is 0.877. The SMILES string of the molecule is O=C(O)C[C@@H]1C(=O)Nc2ccccc2S[C@H]1c1ccc2c(c1)OCO2. The number of nitrogens with one attached hydrogen (secondary N) is 1. The summed E-state index contributed by atoms with van der Waals surface area (Å²) in [5.41, 5.74) is 1.54. The minimum atomic E-state index is -1.00. The van der Waals surface area contributed by atoms with Crippen LogP contribution in [0, 0.1) is 5.92 Å². The number of para-hydroxylation sites is 1. The van der Waals surface area contributed by atoms with Crippen LogP contribution >= 0.6 is 11.8 Å². The monoisotopic (exact) mass is 357 g/mol. The second-order valence-corrected chi connectivity index (χ2v) is 7.02. The molecule has 2 aliphatic heterocycles. The molecule has 0 radical (unpaired) electrons. The van der Waals surface area contributed by atoms with E-state index in [1.54, 1.807) is 6.07 Å². The first kappa shape index (κ1) is 15.8. The molecule has 0 aliphatic carbocycles. The Bertz CT molecular complexity index is 853. The van der Waals surface area contributed by atoms with E-state index in [9.17, 15) is 14.7 Å². The van der Waals surface area contributed by atoms with E-state index in [0.717, 1.165) is 10.5 Å². The fourth-order valence-electron chi connectivity index (χ4n) is 3.03. The Hall–Kier alpha value is -2.67. The number of amides is 1. The molecule has 128 valence electrons. The van der Waals surface area contributed by atoms with Crippen LogP contribution in [0.1, 0.15) is 17.2 Å². The number of carboxylic acids is 1. The van der Waals surface area contributed by atoms with Crippen LogP contribution in [0.2, 0.25) is 0 Å². The zero-order chi connectivity index (χ0) is 17.4. The third kappa shape index (κ3) is 3.02. The fraction of sp³-hybridized carbons (Fsp3) is 0.222. The maximum atomic E-state index is 12.7. The number of thioether (sulfide) groups is 1.